The minimum absolute atomic E-state index is 0.0228. The summed E-state index contributed by atoms with van der Waals surface area (Å²) in [5.41, 5.74) is 0.637. The van der Waals surface area contributed by atoms with Gasteiger partial charge in [-0.3, -0.25) is 4.79 Å². The quantitative estimate of drug-likeness (QED) is 0.883. The van der Waals surface area contributed by atoms with Crippen LogP contribution in [0.5, 0.6) is 0 Å². The van der Waals surface area contributed by atoms with Gasteiger partial charge in [0.25, 0.3) is 5.91 Å². The number of hydrogen-bond acceptors (Lipinski definition) is 2. The van der Waals surface area contributed by atoms with Crippen molar-refractivity contribution in [3.05, 3.63) is 34.9 Å². The van der Waals surface area contributed by atoms with Gasteiger partial charge in [-0.25, -0.2) is 0 Å². The molecular weight excluding hydrogens is 248 g/mol. The zero-order valence-corrected chi connectivity index (χ0v) is 11.3. The van der Waals surface area contributed by atoms with E-state index in [1.54, 1.807) is 24.3 Å². The summed E-state index contributed by atoms with van der Waals surface area (Å²) in [5, 5.41) is 6.97. The van der Waals surface area contributed by atoms with Crippen LogP contribution in [0, 0.1) is 0 Å². The smallest absolute Gasteiger partial charge is 0.251 e. The lowest BCUT2D eigenvalue weighted by atomic mass is 9.91. The summed E-state index contributed by atoms with van der Waals surface area (Å²) in [6, 6.07) is 7.97. The van der Waals surface area contributed by atoms with E-state index in [0.717, 1.165) is 25.7 Å². The number of hydrogen-bond donors (Lipinski definition) is 2. The molecule has 0 heterocycles. The van der Waals surface area contributed by atoms with Crippen LogP contribution < -0.4 is 10.6 Å². The van der Waals surface area contributed by atoms with E-state index in [1.807, 2.05) is 7.05 Å². The monoisotopic (exact) mass is 266 g/mol. The molecule has 1 saturated carbocycles. The number of nitrogens with one attached hydrogen (secondary N) is 2. The van der Waals surface area contributed by atoms with Gasteiger partial charge in [0.1, 0.15) is 0 Å². The fourth-order valence-electron chi connectivity index (χ4n) is 2.42. The normalized spacial score (nSPS) is 23.7. The molecule has 0 atom stereocenters. The highest BCUT2D eigenvalue weighted by Crippen LogP contribution is 2.19. The molecular formula is C14H19ClN2O. The zero-order chi connectivity index (χ0) is 13.0. The summed E-state index contributed by atoms with van der Waals surface area (Å²) in [6.07, 6.45) is 4.32. The lowest BCUT2D eigenvalue weighted by Gasteiger charge is -2.28. The Morgan fingerprint density at radius 3 is 2.50 bits per heavy atom. The summed E-state index contributed by atoms with van der Waals surface area (Å²) in [4.78, 5) is 12.0. The molecule has 2 rings (SSSR count). The molecule has 2 N–H and O–H groups in total. The van der Waals surface area contributed by atoms with Gasteiger partial charge in [0.2, 0.25) is 0 Å². The number of carbonyl (C=O) groups is 1. The maximum absolute atomic E-state index is 12.0. The van der Waals surface area contributed by atoms with Crippen LogP contribution in [0.3, 0.4) is 0 Å². The highest BCUT2D eigenvalue weighted by Gasteiger charge is 2.21. The maximum atomic E-state index is 12.0. The predicted molar refractivity (Wildman–Crippen MR) is 74.0 cm³/mol. The molecule has 0 spiro atoms. The third kappa shape index (κ3) is 3.47. The van der Waals surface area contributed by atoms with Crippen molar-refractivity contribution in [1.82, 2.24) is 10.6 Å². The van der Waals surface area contributed by atoms with Crippen molar-refractivity contribution in [1.29, 1.82) is 0 Å². The summed E-state index contributed by atoms with van der Waals surface area (Å²) >= 11 is 5.88. The third-order valence-electron chi connectivity index (χ3n) is 3.56. The molecule has 18 heavy (non-hydrogen) atoms. The van der Waals surface area contributed by atoms with E-state index in [1.165, 1.54) is 0 Å². The molecule has 1 aliphatic carbocycles. The molecule has 1 aliphatic rings. The van der Waals surface area contributed by atoms with Gasteiger partial charge in [-0.05, 0) is 50.9 Å². The molecule has 1 aromatic rings. The van der Waals surface area contributed by atoms with Crippen molar-refractivity contribution < 1.29 is 4.79 Å². The average Bonchev–Trinajstić information content (AvgIpc) is 2.39. The Labute approximate surface area is 113 Å². The number of benzene rings is 1. The topological polar surface area (TPSA) is 41.1 Å². The summed E-state index contributed by atoms with van der Waals surface area (Å²) < 4.78 is 0. The molecule has 0 bridgehead atoms. The molecule has 0 radical (unpaired) electrons. The van der Waals surface area contributed by atoms with Crippen LogP contribution >= 0.6 is 11.6 Å². The van der Waals surface area contributed by atoms with Gasteiger partial charge in [-0.1, -0.05) is 17.7 Å². The Hall–Kier alpha value is -1.06. The van der Waals surface area contributed by atoms with E-state index in [4.69, 9.17) is 11.6 Å². The number of amides is 1. The van der Waals surface area contributed by atoms with Crippen molar-refractivity contribution in [2.45, 2.75) is 37.8 Å². The Balaban J connectivity index is 1.89. The Morgan fingerprint density at radius 1 is 1.22 bits per heavy atom. The molecule has 98 valence electrons. The third-order valence-corrected chi connectivity index (χ3v) is 3.79. The van der Waals surface area contributed by atoms with Crippen molar-refractivity contribution >= 4 is 17.5 Å². The van der Waals surface area contributed by atoms with Gasteiger partial charge < -0.3 is 10.6 Å². The fourth-order valence-corrected chi connectivity index (χ4v) is 2.62. The zero-order valence-electron chi connectivity index (χ0n) is 10.6. The van der Waals surface area contributed by atoms with Gasteiger partial charge in [0.05, 0.1) is 0 Å². The van der Waals surface area contributed by atoms with Crippen LogP contribution in [-0.4, -0.2) is 25.0 Å². The number of rotatable bonds is 3. The SMILES string of the molecule is CNC1CCC(NC(=O)c2cccc(Cl)c2)CC1. The van der Waals surface area contributed by atoms with E-state index >= 15 is 0 Å². The van der Waals surface area contributed by atoms with E-state index in [2.05, 4.69) is 10.6 Å². The molecule has 0 aliphatic heterocycles. The molecule has 0 unspecified atom stereocenters. The molecule has 1 amide bonds. The molecule has 1 aromatic carbocycles. The predicted octanol–water partition coefficient (Wildman–Crippen LogP) is 2.60. The Morgan fingerprint density at radius 2 is 1.89 bits per heavy atom. The largest absolute Gasteiger partial charge is 0.349 e. The second kappa shape index (κ2) is 6.21. The van der Waals surface area contributed by atoms with Gasteiger partial charge in [0, 0.05) is 22.7 Å². The fraction of sp³-hybridized carbons (Fsp3) is 0.500. The summed E-state index contributed by atoms with van der Waals surface area (Å²) in [5.74, 6) is -0.0228. The summed E-state index contributed by atoms with van der Waals surface area (Å²) in [6.45, 7) is 0. The molecule has 1 fully saturated rings. The first kappa shape index (κ1) is 13.4. The first-order valence-electron chi connectivity index (χ1n) is 6.42. The van der Waals surface area contributed by atoms with E-state index in [9.17, 15) is 4.79 Å². The lowest BCUT2D eigenvalue weighted by molar-refractivity contribution is 0.0924. The molecule has 0 aromatic heterocycles. The van der Waals surface area contributed by atoms with E-state index in [-0.39, 0.29) is 5.91 Å². The summed E-state index contributed by atoms with van der Waals surface area (Å²) in [7, 11) is 2.00. The van der Waals surface area contributed by atoms with Crippen LogP contribution in [0.2, 0.25) is 5.02 Å². The van der Waals surface area contributed by atoms with Crippen LogP contribution in [0.25, 0.3) is 0 Å². The highest BCUT2D eigenvalue weighted by molar-refractivity contribution is 6.30. The maximum Gasteiger partial charge on any atom is 0.251 e. The van der Waals surface area contributed by atoms with Crippen molar-refractivity contribution in [3.8, 4) is 0 Å². The second-order valence-corrected chi connectivity index (χ2v) is 5.26. The Bertz CT molecular complexity index is 414. The molecule has 0 saturated heterocycles. The van der Waals surface area contributed by atoms with Gasteiger partial charge >= 0.3 is 0 Å². The van der Waals surface area contributed by atoms with Crippen molar-refractivity contribution in [3.63, 3.8) is 0 Å². The van der Waals surface area contributed by atoms with Crippen molar-refractivity contribution in [2.75, 3.05) is 7.05 Å². The van der Waals surface area contributed by atoms with Gasteiger partial charge in [-0.2, -0.15) is 0 Å². The van der Waals surface area contributed by atoms with E-state index in [0.29, 0.717) is 22.7 Å². The van der Waals surface area contributed by atoms with Crippen molar-refractivity contribution in [2.24, 2.45) is 0 Å². The Kier molecular flexibility index (Phi) is 4.61. The highest BCUT2D eigenvalue weighted by atomic mass is 35.5. The van der Waals surface area contributed by atoms with Crippen LogP contribution in [-0.2, 0) is 0 Å². The average molecular weight is 267 g/mol. The van der Waals surface area contributed by atoms with Crippen LogP contribution in [0.4, 0.5) is 0 Å². The first-order chi connectivity index (χ1) is 8.69. The van der Waals surface area contributed by atoms with E-state index < -0.39 is 0 Å². The molecule has 4 heteroatoms. The van der Waals surface area contributed by atoms with Gasteiger partial charge in [0.15, 0.2) is 0 Å². The number of carbonyl (C=O) groups excluding carboxylic acids is 1. The number of halogens is 1. The second-order valence-electron chi connectivity index (χ2n) is 4.82. The first-order valence-corrected chi connectivity index (χ1v) is 6.80. The lowest BCUT2D eigenvalue weighted by Crippen LogP contribution is -2.41. The van der Waals surface area contributed by atoms with Crippen LogP contribution in [0.1, 0.15) is 36.0 Å². The minimum Gasteiger partial charge on any atom is -0.349 e. The van der Waals surface area contributed by atoms with Gasteiger partial charge in [-0.15, -0.1) is 0 Å². The minimum atomic E-state index is -0.0228. The molecule has 3 nitrogen and oxygen atoms in total. The standard InChI is InChI=1S/C14H19ClN2O/c1-16-12-5-7-13(8-6-12)17-14(18)10-3-2-4-11(15)9-10/h2-4,9,12-13,16H,5-8H2,1H3,(H,17,18). The van der Waals surface area contributed by atoms with Crippen LogP contribution in [0.15, 0.2) is 24.3 Å².